The van der Waals surface area contributed by atoms with E-state index in [1.54, 1.807) is 18.2 Å². The lowest BCUT2D eigenvalue weighted by molar-refractivity contribution is -0.258. The standard InChI is InChI=1S/C25H32F3N3O5S2/c1-24(33,25(26,27)28)18-6-8-19(9-7-18)31-11-10-30(38(34,35)23-5-3-2-4-22(23)37)15-20(31)14-29-12-13-36-17-21(29)16-32/h2-9,20-21,32-33,37H,10-17H2,1H3/t20-,21-,24-/m1/s1. The van der Waals surface area contributed by atoms with Crippen molar-refractivity contribution in [1.29, 1.82) is 0 Å². The zero-order chi connectivity index (χ0) is 27.7. The van der Waals surface area contributed by atoms with Crippen LogP contribution < -0.4 is 4.90 Å². The van der Waals surface area contributed by atoms with Crippen LogP contribution >= 0.6 is 12.6 Å². The largest absolute Gasteiger partial charge is 0.421 e. The first-order chi connectivity index (χ1) is 17.9. The Balaban J connectivity index is 1.63. The Morgan fingerprint density at radius 1 is 1.05 bits per heavy atom. The third-order valence-electron chi connectivity index (χ3n) is 7.25. The van der Waals surface area contributed by atoms with Crippen LogP contribution in [0.25, 0.3) is 0 Å². The molecule has 0 unspecified atom stereocenters. The molecule has 2 aromatic carbocycles. The number of aliphatic hydroxyl groups is 2. The van der Waals surface area contributed by atoms with Crippen molar-refractivity contribution in [2.75, 3.05) is 57.4 Å². The maximum atomic E-state index is 13.5. The summed E-state index contributed by atoms with van der Waals surface area (Å²) in [6, 6.07) is 11.3. The van der Waals surface area contributed by atoms with Crippen LogP contribution in [-0.2, 0) is 20.4 Å². The van der Waals surface area contributed by atoms with Gasteiger partial charge in [-0.15, -0.1) is 12.6 Å². The van der Waals surface area contributed by atoms with Crippen molar-refractivity contribution in [2.24, 2.45) is 0 Å². The van der Waals surface area contributed by atoms with Crippen molar-refractivity contribution in [3.63, 3.8) is 0 Å². The molecule has 3 atom stereocenters. The van der Waals surface area contributed by atoms with E-state index in [0.717, 1.165) is 0 Å². The van der Waals surface area contributed by atoms with Crippen LogP contribution in [-0.4, -0.2) is 98.6 Å². The smallest absolute Gasteiger partial charge is 0.395 e. The predicted octanol–water partition coefficient (Wildman–Crippen LogP) is 2.32. The Hall–Kier alpha value is -1.87. The highest BCUT2D eigenvalue weighted by Crippen LogP contribution is 2.39. The van der Waals surface area contributed by atoms with Gasteiger partial charge in [0.15, 0.2) is 5.60 Å². The van der Waals surface area contributed by atoms with Crippen LogP contribution in [0, 0.1) is 0 Å². The molecule has 38 heavy (non-hydrogen) atoms. The summed E-state index contributed by atoms with van der Waals surface area (Å²) < 4.78 is 73.9. The van der Waals surface area contributed by atoms with Crippen LogP contribution in [0.15, 0.2) is 58.3 Å². The number of morpholine rings is 1. The van der Waals surface area contributed by atoms with E-state index in [-0.39, 0.29) is 42.2 Å². The van der Waals surface area contributed by atoms with Gasteiger partial charge in [-0.25, -0.2) is 8.42 Å². The number of ether oxygens (including phenoxy) is 1. The number of nitrogens with zero attached hydrogens (tertiary/aromatic N) is 3. The SMILES string of the molecule is C[C@@](O)(c1ccc(N2CCN(S(=O)(=O)c3ccccc3S)C[C@H]2CN2CCOC[C@H]2CO)cc1)C(F)(F)F. The van der Waals surface area contributed by atoms with Gasteiger partial charge in [-0.3, -0.25) is 4.90 Å². The van der Waals surface area contributed by atoms with Crippen molar-refractivity contribution >= 4 is 28.3 Å². The molecule has 0 aromatic heterocycles. The summed E-state index contributed by atoms with van der Waals surface area (Å²) in [4.78, 5) is 4.46. The molecular formula is C25H32F3N3O5S2. The normalized spacial score (nSPS) is 23.8. The number of anilines is 1. The molecule has 0 spiro atoms. The Labute approximate surface area is 226 Å². The quantitative estimate of drug-likeness (QED) is 0.437. The van der Waals surface area contributed by atoms with E-state index in [1.807, 2.05) is 9.80 Å². The number of benzene rings is 2. The van der Waals surface area contributed by atoms with Crippen molar-refractivity contribution in [3.05, 3.63) is 54.1 Å². The molecule has 2 fully saturated rings. The molecule has 4 rings (SSSR count). The van der Waals surface area contributed by atoms with Crippen LogP contribution in [0.4, 0.5) is 18.9 Å². The van der Waals surface area contributed by atoms with E-state index in [0.29, 0.717) is 50.4 Å². The fourth-order valence-corrected chi connectivity index (χ4v) is 6.92. The maximum absolute atomic E-state index is 13.5. The minimum atomic E-state index is -4.84. The van der Waals surface area contributed by atoms with Crippen LogP contribution in [0.2, 0.25) is 0 Å². The summed E-state index contributed by atoms with van der Waals surface area (Å²) in [6.07, 6.45) is -4.84. The second kappa shape index (κ2) is 11.3. The number of aliphatic hydroxyl groups excluding tert-OH is 1. The first-order valence-corrected chi connectivity index (χ1v) is 14.1. The fraction of sp³-hybridized carbons (Fsp3) is 0.520. The second-order valence-electron chi connectivity index (χ2n) is 9.70. The first kappa shape index (κ1) is 29.1. The van der Waals surface area contributed by atoms with Gasteiger partial charge in [-0.2, -0.15) is 17.5 Å². The summed E-state index contributed by atoms with van der Waals surface area (Å²) >= 11 is 4.32. The van der Waals surface area contributed by atoms with Crippen LogP contribution in [0.3, 0.4) is 0 Å². The number of rotatable bonds is 7. The van der Waals surface area contributed by atoms with Crippen molar-refractivity contribution in [1.82, 2.24) is 9.21 Å². The number of hydrogen-bond acceptors (Lipinski definition) is 8. The second-order valence-corrected chi connectivity index (χ2v) is 12.1. The van der Waals surface area contributed by atoms with Gasteiger partial charge < -0.3 is 19.8 Å². The van der Waals surface area contributed by atoms with E-state index >= 15 is 0 Å². The van der Waals surface area contributed by atoms with Gasteiger partial charge in [0.1, 0.15) is 0 Å². The van der Waals surface area contributed by atoms with Crippen LogP contribution in [0.5, 0.6) is 0 Å². The highest BCUT2D eigenvalue weighted by atomic mass is 32.2. The average molecular weight is 576 g/mol. The monoisotopic (exact) mass is 575 g/mol. The van der Waals surface area contributed by atoms with Crippen LogP contribution in [0.1, 0.15) is 12.5 Å². The molecule has 2 aromatic rings. The number of thiol groups is 1. The van der Waals surface area contributed by atoms with Gasteiger partial charge in [0.25, 0.3) is 0 Å². The zero-order valence-electron chi connectivity index (χ0n) is 20.9. The van der Waals surface area contributed by atoms with Crippen molar-refractivity contribution in [2.45, 2.75) is 40.6 Å². The number of sulfonamides is 1. The molecule has 0 amide bonds. The molecular weight excluding hydrogens is 543 g/mol. The summed E-state index contributed by atoms with van der Waals surface area (Å²) in [5.41, 5.74) is -2.68. The van der Waals surface area contributed by atoms with E-state index in [1.165, 1.54) is 34.6 Å². The van der Waals surface area contributed by atoms with Gasteiger partial charge in [0.2, 0.25) is 10.0 Å². The molecule has 0 radical (unpaired) electrons. The molecule has 13 heteroatoms. The van der Waals surface area contributed by atoms with Crippen molar-refractivity contribution < 1.29 is 36.5 Å². The van der Waals surface area contributed by atoms with E-state index < -0.39 is 21.8 Å². The lowest BCUT2D eigenvalue weighted by Crippen LogP contribution is -2.61. The number of piperazine rings is 1. The average Bonchev–Trinajstić information content (AvgIpc) is 2.88. The molecule has 2 aliphatic rings. The number of alkyl halides is 3. The van der Waals surface area contributed by atoms with Gasteiger partial charge in [-0.1, -0.05) is 24.3 Å². The summed E-state index contributed by atoms with van der Waals surface area (Å²) in [5, 5.41) is 19.9. The fourth-order valence-electron chi connectivity index (χ4n) is 4.87. The molecule has 2 saturated heterocycles. The number of hydrogen-bond donors (Lipinski definition) is 3. The molecule has 0 aliphatic carbocycles. The zero-order valence-corrected chi connectivity index (χ0v) is 22.6. The van der Waals surface area contributed by atoms with E-state index in [9.17, 15) is 31.8 Å². The van der Waals surface area contributed by atoms with Gasteiger partial charge in [-0.05, 0) is 36.8 Å². The Bertz CT molecular complexity index is 1210. The number of halogens is 3. The minimum absolute atomic E-state index is 0.105. The third kappa shape index (κ3) is 5.83. The Kier molecular flexibility index (Phi) is 8.67. The Morgan fingerprint density at radius 3 is 2.37 bits per heavy atom. The third-order valence-corrected chi connectivity index (χ3v) is 9.71. The lowest BCUT2D eigenvalue weighted by Gasteiger charge is -2.46. The predicted molar refractivity (Wildman–Crippen MR) is 139 cm³/mol. The molecule has 0 bridgehead atoms. The summed E-state index contributed by atoms with van der Waals surface area (Å²) in [5.74, 6) is 0. The highest BCUT2D eigenvalue weighted by Gasteiger charge is 2.51. The summed E-state index contributed by atoms with van der Waals surface area (Å²) in [7, 11) is -3.85. The summed E-state index contributed by atoms with van der Waals surface area (Å²) in [6.45, 7) is 2.95. The van der Waals surface area contributed by atoms with E-state index in [4.69, 9.17) is 4.74 Å². The maximum Gasteiger partial charge on any atom is 0.421 e. The molecule has 2 aliphatic heterocycles. The highest BCUT2D eigenvalue weighted by molar-refractivity contribution is 7.90. The minimum Gasteiger partial charge on any atom is -0.395 e. The lowest BCUT2D eigenvalue weighted by atomic mass is 9.95. The molecule has 0 saturated carbocycles. The molecule has 210 valence electrons. The molecule has 8 nitrogen and oxygen atoms in total. The van der Waals surface area contributed by atoms with Gasteiger partial charge in [0.05, 0.1) is 36.8 Å². The van der Waals surface area contributed by atoms with Crippen molar-refractivity contribution in [3.8, 4) is 0 Å². The van der Waals surface area contributed by atoms with E-state index in [2.05, 4.69) is 12.6 Å². The van der Waals surface area contributed by atoms with Gasteiger partial charge in [0, 0.05) is 43.3 Å². The Morgan fingerprint density at radius 2 is 1.74 bits per heavy atom. The molecule has 2 N–H and O–H groups in total. The first-order valence-electron chi connectivity index (χ1n) is 12.2. The van der Waals surface area contributed by atoms with Gasteiger partial charge >= 0.3 is 6.18 Å². The topological polar surface area (TPSA) is 93.6 Å². The molecule has 2 heterocycles.